The monoisotopic (exact) mass is 250 g/mol. The molecule has 1 aliphatic rings. The fraction of sp³-hybridized carbons (Fsp3) is 0.692. The summed E-state index contributed by atoms with van der Waals surface area (Å²) in [6.45, 7) is 2.37. The number of nitrogens with zero attached hydrogens (tertiary/aromatic N) is 3. The van der Waals surface area contributed by atoms with Gasteiger partial charge in [0.05, 0.1) is 12.9 Å². The molecule has 5 heteroatoms. The van der Waals surface area contributed by atoms with E-state index in [9.17, 15) is 4.79 Å². The van der Waals surface area contributed by atoms with Gasteiger partial charge in [0, 0.05) is 32.0 Å². The van der Waals surface area contributed by atoms with Crippen molar-refractivity contribution in [3.63, 3.8) is 0 Å². The predicted molar refractivity (Wildman–Crippen MR) is 70.1 cm³/mol. The van der Waals surface area contributed by atoms with Crippen molar-refractivity contribution in [3.05, 3.63) is 18.7 Å². The smallest absolute Gasteiger partial charge is 0.236 e. The maximum Gasteiger partial charge on any atom is 0.236 e. The Kier molecular flexibility index (Phi) is 4.75. The van der Waals surface area contributed by atoms with Crippen LogP contribution in [0.2, 0.25) is 0 Å². The van der Waals surface area contributed by atoms with Crippen LogP contribution in [0.4, 0.5) is 0 Å². The molecule has 18 heavy (non-hydrogen) atoms. The minimum absolute atomic E-state index is 0.215. The van der Waals surface area contributed by atoms with E-state index in [2.05, 4.69) is 14.9 Å². The molecule has 0 radical (unpaired) electrons. The number of hydrogen-bond acceptors (Lipinski definition) is 3. The lowest BCUT2D eigenvalue weighted by Gasteiger charge is -2.16. The third-order valence-corrected chi connectivity index (χ3v) is 3.34. The van der Waals surface area contributed by atoms with Crippen molar-refractivity contribution in [2.24, 2.45) is 0 Å². The van der Waals surface area contributed by atoms with Crippen molar-refractivity contribution in [1.29, 1.82) is 0 Å². The van der Waals surface area contributed by atoms with Crippen molar-refractivity contribution < 1.29 is 4.79 Å². The maximum atomic E-state index is 11.7. The number of hydrogen-bond donors (Lipinski definition) is 1. The van der Waals surface area contributed by atoms with Gasteiger partial charge in [0.2, 0.25) is 5.91 Å². The van der Waals surface area contributed by atoms with Crippen LogP contribution < -0.4 is 5.32 Å². The quantitative estimate of drug-likeness (QED) is 0.697. The number of aromatic nitrogens is 2. The Hall–Kier alpha value is -1.36. The number of likely N-dealkylation sites (N-methyl/N-ethyl adjacent to an activating group) is 1. The first-order valence-corrected chi connectivity index (χ1v) is 6.69. The van der Waals surface area contributed by atoms with Gasteiger partial charge in [0.15, 0.2) is 0 Å². The zero-order valence-corrected chi connectivity index (χ0v) is 11.0. The molecular formula is C13H22N4O. The van der Waals surface area contributed by atoms with Gasteiger partial charge < -0.3 is 14.8 Å². The molecule has 1 heterocycles. The summed E-state index contributed by atoms with van der Waals surface area (Å²) in [5.74, 6) is 0.215. The normalized spacial score (nSPS) is 14.7. The van der Waals surface area contributed by atoms with Crippen LogP contribution >= 0.6 is 0 Å². The highest BCUT2D eigenvalue weighted by Crippen LogP contribution is 2.24. The maximum absolute atomic E-state index is 11.7. The van der Waals surface area contributed by atoms with Crippen LogP contribution in [0.25, 0.3) is 0 Å². The van der Waals surface area contributed by atoms with Gasteiger partial charge in [-0.15, -0.1) is 0 Å². The Labute approximate surface area is 108 Å². The molecule has 0 aromatic carbocycles. The first kappa shape index (κ1) is 13.1. The first-order chi connectivity index (χ1) is 8.77. The van der Waals surface area contributed by atoms with E-state index < -0.39 is 0 Å². The van der Waals surface area contributed by atoms with E-state index >= 15 is 0 Å². The van der Waals surface area contributed by atoms with Crippen molar-refractivity contribution in [2.45, 2.75) is 38.3 Å². The van der Waals surface area contributed by atoms with E-state index in [0.29, 0.717) is 12.6 Å². The van der Waals surface area contributed by atoms with E-state index in [-0.39, 0.29) is 5.91 Å². The van der Waals surface area contributed by atoms with E-state index in [0.717, 1.165) is 25.9 Å². The lowest BCUT2D eigenvalue weighted by atomic mass is 10.3. The topological polar surface area (TPSA) is 50.2 Å². The summed E-state index contributed by atoms with van der Waals surface area (Å²) in [5, 5.41) is 3.21. The highest BCUT2D eigenvalue weighted by molar-refractivity contribution is 5.78. The van der Waals surface area contributed by atoms with Crippen LogP contribution in [-0.2, 0) is 11.3 Å². The van der Waals surface area contributed by atoms with Gasteiger partial charge in [0.1, 0.15) is 0 Å². The van der Waals surface area contributed by atoms with Crippen molar-refractivity contribution in [3.8, 4) is 0 Å². The minimum Gasteiger partial charge on any atom is -0.342 e. The van der Waals surface area contributed by atoms with Gasteiger partial charge in [-0.1, -0.05) is 0 Å². The second kappa shape index (κ2) is 6.54. The molecule has 1 aromatic rings. The van der Waals surface area contributed by atoms with E-state index in [1.807, 2.05) is 24.5 Å². The average molecular weight is 250 g/mol. The highest BCUT2D eigenvalue weighted by Gasteiger charge is 2.28. The van der Waals surface area contributed by atoms with Crippen LogP contribution in [0.5, 0.6) is 0 Å². The average Bonchev–Trinajstić information content (AvgIpc) is 3.10. The van der Waals surface area contributed by atoms with E-state index in [1.54, 1.807) is 6.20 Å². The van der Waals surface area contributed by atoms with Crippen molar-refractivity contribution in [1.82, 2.24) is 19.8 Å². The van der Waals surface area contributed by atoms with E-state index in [4.69, 9.17) is 0 Å². The summed E-state index contributed by atoms with van der Waals surface area (Å²) in [6, 6.07) is 0.514. The van der Waals surface area contributed by atoms with Gasteiger partial charge in [-0.2, -0.15) is 0 Å². The molecule has 2 rings (SSSR count). The molecule has 0 spiro atoms. The van der Waals surface area contributed by atoms with Gasteiger partial charge >= 0.3 is 0 Å². The fourth-order valence-corrected chi connectivity index (χ4v) is 1.95. The molecule has 1 fully saturated rings. The lowest BCUT2D eigenvalue weighted by Crippen LogP contribution is -2.37. The van der Waals surface area contributed by atoms with Gasteiger partial charge in [0.25, 0.3) is 0 Å². The molecule has 1 aromatic heterocycles. The molecule has 0 unspecified atom stereocenters. The number of unbranched alkanes of at least 4 members (excludes halogenated alkanes) is 1. The molecule has 0 bridgehead atoms. The van der Waals surface area contributed by atoms with Crippen LogP contribution in [0.1, 0.15) is 25.7 Å². The summed E-state index contributed by atoms with van der Waals surface area (Å²) in [5.41, 5.74) is 0. The minimum atomic E-state index is 0.215. The zero-order chi connectivity index (χ0) is 12.8. The van der Waals surface area contributed by atoms with Crippen molar-refractivity contribution >= 4 is 5.91 Å². The Morgan fingerprint density at radius 1 is 1.50 bits per heavy atom. The number of nitrogens with one attached hydrogen (secondary N) is 1. The Morgan fingerprint density at radius 2 is 2.33 bits per heavy atom. The molecule has 1 saturated carbocycles. The van der Waals surface area contributed by atoms with Gasteiger partial charge in [-0.05, 0) is 32.2 Å². The molecule has 0 aliphatic heterocycles. The number of imidazole rings is 1. The number of aryl methyl sites for hydroxylation is 1. The fourth-order valence-electron chi connectivity index (χ4n) is 1.95. The van der Waals surface area contributed by atoms with Gasteiger partial charge in [-0.25, -0.2) is 4.98 Å². The molecule has 100 valence electrons. The Balaban J connectivity index is 1.47. The summed E-state index contributed by atoms with van der Waals surface area (Å²) in [4.78, 5) is 17.6. The van der Waals surface area contributed by atoms with E-state index in [1.165, 1.54) is 12.8 Å². The second-order valence-electron chi connectivity index (χ2n) is 4.92. The van der Waals surface area contributed by atoms with Crippen LogP contribution in [0.15, 0.2) is 18.7 Å². The SMILES string of the molecule is CN(C(=O)CNCCCCn1ccnc1)C1CC1. The second-order valence-corrected chi connectivity index (χ2v) is 4.92. The molecule has 5 nitrogen and oxygen atoms in total. The molecule has 0 atom stereocenters. The Morgan fingerprint density at radius 3 is 3.00 bits per heavy atom. The summed E-state index contributed by atoms with van der Waals surface area (Å²) in [7, 11) is 1.90. The molecule has 1 aliphatic carbocycles. The summed E-state index contributed by atoms with van der Waals surface area (Å²) >= 11 is 0. The van der Waals surface area contributed by atoms with Crippen LogP contribution in [0, 0.1) is 0 Å². The summed E-state index contributed by atoms with van der Waals surface area (Å²) < 4.78 is 2.08. The Bertz CT molecular complexity index is 359. The van der Waals surface area contributed by atoms with Crippen LogP contribution in [-0.4, -0.2) is 46.5 Å². The lowest BCUT2D eigenvalue weighted by molar-refractivity contribution is -0.129. The van der Waals surface area contributed by atoms with Crippen LogP contribution in [0.3, 0.4) is 0 Å². The number of carbonyl (C=O) groups excluding carboxylic acids is 1. The molecule has 1 N–H and O–H groups in total. The molecule has 0 saturated heterocycles. The molecule has 1 amide bonds. The zero-order valence-electron chi connectivity index (χ0n) is 11.0. The number of amides is 1. The van der Waals surface area contributed by atoms with Crippen molar-refractivity contribution in [2.75, 3.05) is 20.1 Å². The first-order valence-electron chi connectivity index (χ1n) is 6.69. The van der Waals surface area contributed by atoms with Gasteiger partial charge in [-0.3, -0.25) is 4.79 Å². The summed E-state index contributed by atoms with van der Waals surface area (Å²) in [6.07, 6.45) is 10.1. The number of rotatable bonds is 8. The molecular weight excluding hydrogens is 228 g/mol. The third kappa shape index (κ3) is 4.14. The highest BCUT2D eigenvalue weighted by atomic mass is 16.2. The standard InChI is InChI=1S/C13H22N4O/c1-16(12-4-5-12)13(18)10-14-6-2-3-8-17-9-7-15-11-17/h7,9,11-12,14H,2-6,8,10H2,1H3. The number of carbonyl (C=O) groups is 1. The third-order valence-electron chi connectivity index (χ3n) is 3.34. The largest absolute Gasteiger partial charge is 0.342 e. The predicted octanol–water partition coefficient (Wildman–Crippen LogP) is 0.874.